The third-order valence-electron chi connectivity index (χ3n) is 2.40. The van der Waals surface area contributed by atoms with Crippen LogP contribution in [0.4, 0.5) is 13.2 Å². The molecule has 0 aromatic heterocycles. The molecule has 3 N–H and O–H groups in total. The molecule has 1 atom stereocenters. The molecule has 1 aromatic carbocycles. The molecule has 0 aliphatic heterocycles. The summed E-state index contributed by atoms with van der Waals surface area (Å²) in [5.74, 6) is 4.98. The van der Waals surface area contributed by atoms with Gasteiger partial charge in [0.15, 0.2) is 6.29 Å². The van der Waals surface area contributed by atoms with Crippen molar-refractivity contribution >= 4 is 0 Å². The van der Waals surface area contributed by atoms with Gasteiger partial charge in [0.2, 0.25) is 0 Å². The Bertz CT molecular complexity index is 397. The molecule has 5 nitrogen and oxygen atoms in total. The van der Waals surface area contributed by atoms with E-state index in [4.69, 9.17) is 15.3 Å². The van der Waals surface area contributed by atoms with Gasteiger partial charge in [0, 0.05) is 19.8 Å². The van der Waals surface area contributed by atoms with E-state index in [9.17, 15) is 13.2 Å². The first kappa shape index (κ1) is 15.7. The van der Waals surface area contributed by atoms with Crippen molar-refractivity contribution in [3.8, 4) is 5.75 Å². The van der Waals surface area contributed by atoms with Crippen LogP contribution < -0.4 is 16.0 Å². The fraction of sp³-hybridized carbons (Fsp3) is 0.455. The summed E-state index contributed by atoms with van der Waals surface area (Å²) in [4.78, 5) is 0. The van der Waals surface area contributed by atoms with Crippen LogP contribution in [0.15, 0.2) is 24.3 Å². The summed E-state index contributed by atoms with van der Waals surface area (Å²) in [5.41, 5.74) is 2.53. The van der Waals surface area contributed by atoms with Gasteiger partial charge in [0.1, 0.15) is 11.8 Å². The van der Waals surface area contributed by atoms with Crippen molar-refractivity contribution in [1.82, 2.24) is 5.43 Å². The summed E-state index contributed by atoms with van der Waals surface area (Å²) in [5, 5.41) is 0. The lowest BCUT2D eigenvalue weighted by Crippen LogP contribution is -2.39. The molecule has 0 heterocycles. The summed E-state index contributed by atoms with van der Waals surface area (Å²) >= 11 is 0. The summed E-state index contributed by atoms with van der Waals surface area (Å²) in [6.45, 7) is 0. The molecule has 0 spiro atoms. The number of alkyl halides is 3. The molecule has 1 rings (SSSR count). The predicted molar refractivity (Wildman–Crippen MR) is 61.0 cm³/mol. The zero-order valence-electron chi connectivity index (χ0n) is 10.4. The summed E-state index contributed by atoms with van der Waals surface area (Å²) in [6.07, 6.45) is -5.65. The molecular formula is C11H15F3N2O3. The maximum atomic E-state index is 12.3. The number of rotatable bonds is 6. The highest BCUT2D eigenvalue weighted by atomic mass is 19.4. The number of halogens is 3. The molecule has 19 heavy (non-hydrogen) atoms. The molecule has 0 aliphatic rings. The number of nitrogens with one attached hydrogen (secondary N) is 1. The van der Waals surface area contributed by atoms with Gasteiger partial charge in [-0.25, -0.2) is 5.43 Å². The number of hydrazine groups is 1. The zero-order valence-corrected chi connectivity index (χ0v) is 10.4. The second-order valence-corrected chi connectivity index (χ2v) is 3.57. The second-order valence-electron chi connectivity index (χ2n) is 3.57. The molecule has 1 unspecified atom stereocenters. The molecule has 0 amide bonds. The summed E-state index contributed by atoms with van der Waals surface area (Å²) in [6, 6.07) is 4.80. The molecule has 108 valence electrons. The van der Waals surface area contributed by atoms with Crippen LogP contribution in [0.2, 0.25) is 0 Å². The Hall–Kier alpha value is -1.35. The maximum Gasteiger partial charge on any atom is 0.573 e. The van der Waals surface area contributed by atoms with Crippen LogP contribution in [-0.2, 0) is 9.47 Å². The monoisotopic (exact) mass is 280 g/mol. The Balaban J connectivity index is 3.09. The highest BCUT2D eigenvalue weighted by Gasteiger charge is 2.34. The third-order valence-corrected chi connectivity index (χ3v) is 2.40. The van der Waals surface area contributed by atoms with Gasteiger partial charge in [-0.1, -0.05) is 18.2 Å². The van der Waals surface area contributed by atoms with Crippen LogP contribution in [0, 0.1) is 0 Å². The van der Waals surface area contributed by atoms with Crippen LogP contribution in [0.1, 0.15) is 11.6 Å². The number of hydrogen-bond acceptors (Lipinski definition) is 5. The lowest BCUT2D eigenvalue weighted by atomic mass is 10.1. The van der Waals surface area contributed by atoms with Gasteiger partial charge in [-0.05, 0) is 6.07 Å². The highest BCUT2D eigenvalue weighted by Crippen LogP contribution is 2.32. The van der Waals surface area contributed by atoms with E-state index in [1.54, 1.807) is 6.07 Å². The lowest BCUT2D eigenvalue weighted by Gasteiger charge is -2.26. The SMILES string of the molecule is COC(OC)C(NN)c1ccccc1OC(F)(F)F. The molecule has 1 aromatic rings. The van der Waals surface area contributed by atoms with Crippen molar-refractivity contribution in [3.63, 3.8) is 0 Å². The van der Waals surface area contributed by atoms with E-state index in [0.29, 0.717) is 0 Å². The van der Waals surface area contributed by atoms with Crippen molar-refractivity contribution in [1.29, 1.82) is 0 Å². The minimum Gasteiger partial charge on any atom is -0.405 e. The van der Waals surface area contributed by atoms with Crippen LogP contribution >= 0.6 is 0 Å². The van der Waals surface area contributed by atoms with Gasteiger partial charge in [0.25, 0.3) is 0 Å². The van der Waals surface area contributed by atoms with E-state index in [-0.39, 0.29) is 11.3 Å². The van der Waals surface area contributed by atoms with Crippen LogP contribution in [0.3, 0.4) is 0 Å². The Morgan fingerprint density at radius 2 is 1.74 bits per heavy atom. The molecule has 0 saturated heterocycles. The normalized spacial score (nSPS) is 13.6. The zero-order chi connectivity index (χ0) is 14.5. The third kappa shape index (κ3) is 4.35. The number of para-hydroxylation sites is 1. The molecule has 0 aliphatic carbocycles. The fourth-order valence-electron chi connectivity index (χ4n) is 1.64. The number of hydrogen-bond donors (Lipinski definition) is 2. The molecule has 0 radical (unpaired) electrons. The van der Waals surface area contributed by atoms with Crippen molar-refractivity contribution in [2.24, 2.45) is 5.84 Å². The summed E-state index contributed by atoms with van der Waals surface area (Å²) < 4.78 is 50.9. The van der Waals surface area contributed by atoms with Crippen molar-refractivity contribution in [2.75, 3.05) is 14.2 Å². The van der Waals surface area contributed by atoms with E-state index in [1.165, 1.54) is 32.4 Å². The Morgan fingerprint density at radius 3 is 2.21 bits per heavy atom. The maximum absolute atomic E-state index is 12.3. The smallest absolute Gasteiger partial charge is 0.405 e. The van der Waals surface area contributed by atoms with Gasteiger partial charge < -0.3 is 14.2 Å². The first-order chi connectivity index (χ1) is 8.92. The van der Waals surface area contributed by atoms with Gasteiger partial charge in [-0.15, -0.1) is 13.2 Å². The molecule has 0 bridgehead atoms. The Morgan fingerprint density at radius 1 is 1.16 bits per heavy atom. The molecule has 0 fully saturated rings. The van der Waals surface area contributed by atoms with E-state index in [0.717, 1.165) is 0 Å². The van der Waals surface area contributed by atoms with Crippen LogP contribution in [0.5, 0.6) is 5.75 Å². The van der Waals surface area contributed by atoms with Crippen molar-refractivity contribution in [3.05, 3.63) is 29.8 Å². The van der Waals surface area contributed by atoms with Gasteiger partial charge >= 0.3 is 6.36 Å². The number of methoxy groups -OCH3 is 2. The Labute approximate surface area is 108 Å². The quantitative estimate of drug-likeness (QED) is 0.472. The summed E-state index contributed by atoms with van der Waals surface area (Å²) in [7, 11) is 2.71. The van der Waals surface area contributed by atoms with Gasteiger partial charge in [-0.2, -0.15) is 0 Å². The molecule has 0 saturated carbocycles. The van der Waals surface area contributed by atoms with Crippen LogP contribution in [0.25, 0.3) is 0 Å². The van der Waals surface area contributed by atoms with E-state index < -0.39 is 18.7 Å². The van der Waals surface area contributed by atoms with E-state index >= 15 is 0 Å². The predicted octanol–water partition coefficient (Wildman–Crippen LogP) is 1.71. The second kappa shape index (κ2) is 6.71. The highest BCUT2D eigenvalue weighted by molar-refractivity contribution is 5.36. The average Bonchev–Trinajstić information content (AvgIpc) is 2.35. The van der Waals surface area contributed by atoms with Crippen LogP contribution in [-0.4, -0.2) is 26.9 Å². The van der Waals surface area contributed by atoms with E-state index in [1.807, 2.05) is 0 Å². The van der Waals surface area contributed by atoms with E-state index in [2.05, 4.69) is 10.2 Å². The van der Waals surface area contributed by atoms with Crippen molar-refractivity contribution < 1.29 is 27.4 Å². The number of benzene rings is 1. The first-order valence-electron chi connectivity index (χ1n) is 5.29. The average molecular weight is 280 g/mol. The number of nitrogens with two attached hydrogens (primary N) is 1. The minimum absolute atomic E-state index is 0.177. The first-order valence-corrected chi connectivity index (χ1v) is 5.29. The lowest BCUT2D eigenvalue weighted by molar-refractivity contribution is -0.275. The van der Waals surface area contributed by atoms with Gasteiger partial charge in [0.05, 0.1) is 0 Å². The minimum atomic E-state index is -4.79. The topological polar surface area (TPSA) is 65.7 Å². The van der Waals surface area contributed by atoms with Crippen molar-refractivity contribution in [2.45, 2.75) is 18.7 Å². The number of ether oxygens (including phenoxy) is 3. The molecule has 8 heteroatoms. The van der Waals surface area contributed by atoms with Gasteiger partial charge in [-0.3, -0.25) is 5.84 Å². The Kier molecular flexibility index (Phi) is 5.55. The standard InChI is InChI=1S/C11H15F3N2O3/c1-17-10(18-2)9(16-15)7-5-3-4-6-8(7)19-11(12,13)14/h3-6,9-10,16H,15H2,1-2H3. The molecular weight excluding hydrogens is 265 g/mol. The largest absolute Gasteiger partial charge is 0.573 e. The fourth-order valence-corrected chi connectivity index (χ4v) is 1.64.